The second-order valence-electron chi connectivity index (χ2n) is 7.60. The Hall–Kier alpha value is -3.06. The van der Waals surface area contributed by atoms with Crippen LogP contribution in [0.5, 0.6) is 0 Å². The summed E-state index contributed by atoms with van der Waals surface area (Å²) in [5.41, 5.74) is 11.8. The van der Waals surface area contributed by atoms with Crippen LogP contribution in [0.25, 0.3) is 28.0 Å². The molecule has 1 saturated carbocycles. The Morgan fingerprint density at radius 2 is 1.77 bits per heavy atom. The minimum Gasteiger partial charge on any atom is -0.383 e. The second-order valence-corrected chi connectivity index (χ2v) is 8.39. The molecule has 0 aliphatic heterocycles. The van der Waals surface area contributed by atoms with Crippen LogP contribution in [0.1, 0.15) is 37.3 Å². The summed E-state index contributed by atoms with van der Waals surface area (Å²) < 4.78 is 2.42. The van der Waals surface area contributed by atoms with Crippen LogP contribution in [0.3, 0.4) is 0 Å². The van der Waals surface area contributed by atoms with Crippen molar-refractivity contribution in [1.82, 2.24) is 19.6 Å². The number of fused-ring (bicyclic) bond motifs is 1. The standard InChI is InChI=1S/C23H20BrN5O/c24-20-21(15-6-9-17(30)10-7-15)28-23-18(13-27-29(23)22(20)25)16-8-11-19(26-12-16)14-4-2-1-3-5-14/h1-5,8,11-13,15H,6-7,9-10,25H2. The summed E-state index contributed by atoms with van der Waals surface area (Å²) in [4.78, 5) is 21.2. The van der Waals surface area contributed by atoms with Gasteiger partial charge in [0.05, 0.1) is 22.1 Å². The van der Waals surface area contributed by atoms with Gasteiger partial charge in [-0.05, 0) is 34.8 Å². The topological polar surface area (TPSA) is 86.2 Å². The maximum Gasteiger partial charge on any atom is 0.165 e. The van der Waals surface area contributed by atoms with Crippen LogP contribution >= 0.6 is 15.9 Å². The quantitative estimate of drug-likeness (QED) is 0.462. The fraction of sp³-hybridized carbons (Fsp3) is 0.217. The zero-order valence-electron chi connectivity index (χ0n) is 16.3. The summed E-state index contributed by atoms with van der Waals surface area (Å²) >= 11 is 3.61. The number of pyridine rings is 1. The lowest BCUT2D eigenvalue weighted by molar-refractivity contribution is -0.120. The van der Waals surface area contributed by atoms with Gasteiger partial charge in [0, 0.05) is 41.6 Å². The third kappa shape index (κ3) is 3.29. The molecule has 1 aliphatic rings. The number of benzene rings is 1. The highest BCUT2D eigenvalue weighted by Gasteiger charge is 2.26. The van der Waals surface area contributed by atoms with Crippen molar-refractivity contribution in [2.45, 2.75) is 31.6 Å². The van der Waals surface area contributed by atoms with E-state index in [-0.39, 0.29) is 5.92 Å². The summed E-state index contributed by atoms with van der Waals surface area (Å²) in [5.74, 6) is 1.06. The number of anilines is 1. The van der Waals surface area contributed by atoms with Gasteiger partial charge in [-0.1, -0.05) is 36.4 Å². The average molecular weight is 462 g/mol. The maximum atomic E-state index is 11.7. The maximum absolute atomic E-state index is 11.7. The first kappa shape index (κ1) is 18.9. The molecule has 1 fully saturated rings. The van der Waals surface area contributed by atoms with Crippen molar-refractivity contribution in [1.29, 1.82) is 0 Å². The zero-order valence-corrected chi connectivity index (χ0v) is 17.8. The van der Waals surface area contributed by atoms with E-state index in [1.54, 1.807) is 10.7 Å². The number of rotatable bonds is 3. The Bertz CT molecular complexity index is 1220. The van der Waals surface area contributed by atoms with Crippen LogP contribution < -0.4 is 5.73 Å². The zero-order chi connectivity index (χ0) is 20.7. The van der Waals surface area contributed by atoms with E-state index >= 15 is 0 Å². The molecule has 3 aromatic heterocycles. The van der Waals surface area contributed by atoms with Gasteiger partial charge in [-0.25, -0.2) is 4.98 Å². The summed E-state index contributed by atoms with van der Waals surface area (Å²) in [6, 6.07) is 14.1. The molecule has 150 valence electrons. The normalized spacial score (nSPS) is 15.0. The van der Waals surface area contributed by atoms with Crippen molar-refractivity contribution < 1.29 is 4.79 Å². The number of nitrogens with zero attached hydrogens (tertiary/aromatic N) is 4. The number of carbonyl (C=O) groups is 1. The molecule has 0 saturated heterocycles. The third-order valence-electron chi connectivity index (χ3n) is 5.72. The first-order valence-electron chi connectivity index (χ1n) is 9.98. The Kier molecular flexibility index (Phi) is 4.83. The van der Waals surface area contributed by atoms with E-state index in [0.717, 1.165) is 45.4 Å². The molecule has 0 unspecified atom stereocenters. The van der Waals surface area contributed by atoms with E-state index < -0.39 is 0 Å². The Morgan fingerprint density at radius 1 is 1.00 bits per heavy atom. The predicted molar refractivity (Wildman–Crippen MR) is 120 cm³/mol. The van der Waals surface area contributed by atoms with Crippen LogP contribution in [0, 0.1) is 0 Å². The molecule has 3 heterocycles. The molecule has 0 spiro atoms. The molecule has 0 atom stereocenters. The molecule has 0 radical (unpaired) electrons. The molecule has 1 aromatic carbocycles. The average Bonchev–Trinajstić information content (AvgIpc) is 3.22. The summed E-state index contributed by atoms with van der Waals surface area (Å²) in [5, 5.41) is 4.45. The van der Waals surface area contributed by atoms with E-state index in [1.165, 1.54) is 0 Å². The van der Waals surface area contributed by atoms with Gasteiger partial charge in [0.2, 0.25) is 0 Å². The third-order valence-corrected chi connectivity index (χ3v) is 6.53. The highest BCUT2D eigenvalue weighted by atomic mass is 79.9. The van der Waals surface area contributed by atoms with Crippen molar-refractivity contribution >= 4 is 33.2 Å². The molecular weight excluding hydrogens is 442 g/mol. The second kappa shape index (κ2) is 7.65. The number of aromatic nitrogens is 4. The van der Waals surface area contributed by atoms with E-state index in [4.69, 9.17) is 10.7 Å². The Balaban J connectivity index is 1.56. The van der Waals surface area contributed by atoms with Crippen molar-refractivity contribution in [3.63, 3.8) is 0 Å². The monoisotopic (exact) mass is 461 g/mol. The molecule has 5 rings (SSSR count). The molecular formula is C23H20BrN5O. The van der Waals surface area contributed by atoms with Crippen LogP contribution in [-0.4, -0.2) is 25.4 Å². The van der Waals surface area contributed by atoms with E-state index in [0.29, 0.717) is 30.1 Å². The van der Waals surface area contributed by atoms with Crippen LogP contribution in [-0.2, 0) is 4.79 Å². The molecule has 1 aliphatic carbocycles. The molecule has 0 amide bonds. The largest absolute Gasteiger partial charge is 0.383 e. The van der Waals surface area contributed by atoms with E-state index in [2.05, 4.69) is 26.0 Å². The van der Waals surface area contributed by atoms with Crippen molar-refractivity contribution in [3.05, 3.63) is 65.0 Å². The molecule has 2 N–H and O–H groups in total. The highest BCUT2D eigenvalue weighted by Crippen LogP contribution is 2.38. The number of hydrogen-bond acceptors (Lipinski definition) is 5. The van der Waals surface area contributed by atoms with Gasteiger partial charge in [-0.2, -0.15) is 9.61 Å². The first-order chi connectivity index (χ1) is 14.6. The van der Waals surface area contributed by atoms with Crippen molar-refractivity contribution in [3.8, 4) is 22.4 Å². The molecule has 0 bridgehead atoms. The van der Waals surface area contributed by atoms with Gasteiger partial charge in [0.1, 0.15) is 11.6 Å². The minimum atomic E-state index is 0.214. The van der Waals surface area contributed by atoms with E-state index in [1.807, 2.05) is 48.7 Å². The van der Waals surface area contributed by atoms with Gasteiger partial charge < -0.3 is 5.73 Å². The Labute approximate surface area is 182 Å². The first-order valence-corrected chi connectivity index (χ1v) is 10.8. The Morgan fingerprint density at radius 3 is 2.47 bits per heavy atom. The number of halogens is 1. The van der Waals surface area contributed by atoms with Crippen molar-refractivity contribution in [2.24, 2.45) is 0 Å². The van der Waals surface area contributed by atoms with Gasteiger partial charge in [0.25, 0.3) is 0 Å². The van der Waals surface area contributed by atoms with Gasteiger partial charge in [-0.3, -0.25) is 9.78 Å². The fourth-order valence-electron chi connectivity index (χ4n) is 4.03. The van der Waals surface area contributed by atoms with E-state index in [9.17, 15) is 4.79 Å². The van der Waals surface area contributed by atoms with Crippen LogP contribution in [0.4, 0.5) is 5.82 Å². The molecule has 7 heteroatoms. The number of nitrogens with two attached hydrogens (primary N) is 1. The highest BCUT2D eigenvalue weighted by molar-refractivity contribution is 9.10. The van der Waals surface area contributed by atoms with Crippen LogP contribution in [0.2, 0.25) is 0 Å². The molecule has 30 heavy (non-hydrogen) atoms. The fourth-order valence-corrected chi connectivity index (χ4v) is 4.61. The molecule has 6 nitrogen and oxygen atoms in total. The number of hydrogen-bond donors (Lipinski definition) is 1. The lowest BCUT2D eigenvalue weighted by atomic mass is 9.86. The smallest absolute Gasteiger partial charge is 0.165 e. The van der Waals surface area contributed by atoms with Gasteiger partial charge in [-0.15, -0.1) is 0 Å². The number of nitrogen functional groups attached to an aromatic ring is 1. The minimum absolute atomic E-state index is 0.214. The summed E-state index contributed by atoms with van der Waals surface area (Å²) in [6.07, 6.45) is 6.42. The van der Waals surface area contributed by atoms with Crippen LogP contribution in [0.15, 0.2) is 59.3 Å². The molecule has 4 aromatic rings. The number of ketones is 1. The van der Waals surface area contributed by atoms with Crippen molar-refractivity contribution in [2.75, 3.05) is 5.73 Å². The lowest BCUT2D eigenvalue weighted by Gasteiger charge is -2.22. The summed E-state index contributed by atoms with van der Waals surface area (Å²) in [7, 11) is 0. The predicted octanol–water partition coefficient (Wildman–Crippen LogP) is 5.03. The lowest BCUT2D eigenvalue weighted by Crippen LogP contribution is -2.16. The number of carbonyl (C=O) groups excluding carboxylic acids is 1. The number of Topliss-reactive ketones (excluding diaryl/α,β-unsaturated/α-hetero) is 1. The SMILES string of the molecule is Nc1c(Br)c(C2CCC(=O)CC2)nc2c(-c3ccc(-c4ccccc4)nc3)cnn12. The van der Waals surface area contributed by atoms with Gasteiger partial charge in [0.15, 0.2) is 5.65 Å². The summed E-state index contributed by atoms with van der Waals surface area (Å²) in [6.45, 7) is 0. The van der Waals surface area contributed by atoms with Gasteiger partial charge >= 0.3 is 0 Å².